The molecule has 0 aliphatic carbocycles. The van der Waals surface area contributed by atoms with Gasteiger partial charge in [0.05, 0.1) is 10.2 Å². The zero-order valence-electron chi connectivity index (χ0n) is 12.0. The van der Waals surface area contributed by atoms with Crippen LogP contribution in [0.3, 0.4) is 0 Å². The molecule has 1 unspecified atom stereocenters. The molecule has 6 heteroatoms. The average Bonchev–Trinajstić information content (AvgIpc) is 3.17. The molecule has 1 N–H and O–H groups in total. The molecule has 0 aromatic carbocycles. The van der Waals surface area contributed by atoms with E-state index in [0.29, 0.717) is 12.1 Å². The second-order valence-corrected chi connectivity index (χ2v) is 6.74. The minimum Gasteiger partial charge on any atom is -0.381 e. The number of hydrogen-bond donors (Lipinski definition) is 1. The first-order valence-electron chi connectivity index (χ1n) is 7.67. The van der Waals surface area contributed by atoms with E-state index in [9.17, 15) is 0 Å². The van der Waals surface area contributed by atoms with E-state index in [0.717, 1.165) is 31.1 Å². The molecule has 2 aromatic rings. The first-order chi connectivity index (χ1) is 10.4. The molecule has 0 amide bonds. The van der Waals surface area contributed by atoms with Gasteiger partial charge in [-0.15, -0.1) is 11.3 Å². The zero-order valence-corrected chi connectivity index (χ0v) is 12.8. The summed E-state index contributed by atoms with van der Waals surface area (Å²) in [5.41, 5.74) is 1.04. The maximum Gasteiger partial charge on any atom is 0.147 e. The number of nitrogens with one attached hydrogen (secondary N) is 1. The fraction of sp³-hybridized carbons (Fsp3) is 0.600. The molecule has 2 aliphatic rings. The van der Waals surface area contributed by atoms with Crippen LogP contribution in [0.15, 0.2) is 17.8 Å². The van der Waals surface area contributed by atoms with Crippen LogP contribution >= 0.6 is 11.3 Å². The van der Waals surface area contributed by atoms with Crippen LogP contribution in [0.1, 0.15) is 19.3 Å². The number of hydrogen-bond acceptors (Lipinski definition) is 6. The lowest BCUT2D eigenvalue weighted by atomic mass is 10.1. The summed E-state index contributed by atoms with van der Waals surface area (Å²) in [5, 5.41) is 5.70. The maximum absolute atomic E-state index is 5.46. The van der Waals surface area contributed by atoms with Gasteiger partial charge in [-0.05, 0) is 30.7 Å². The highest BCUT2D eigenvalue weighted by Crippen LogP contribution is 2.27. The molecule has 0 radical (unpaired) electrons. The number of aromatic nitrogens is 2. The van der Waals surface area contributed by atoms with Crippen LogP contribution in [0.4, 0.5) is 5.82 Å². The Morgan fingerprint density at radius 2 is 2.14 bits per heavy atom. The SMILES string of the molecule is c1nc(NC2CCN(C3CCOCC3)C2)c2sccc2n1. The fourth-order valence-electron chi connectivity index (χ4n) is 3.37. The third-order valence-corrected chi connectivity index (χ3v) is 5.42. The van der Waals surface area contributed by atoms with Crippen LogP contribution in [0.2, 0.25) is 0 Å². The minimum atomic E-state index is 0.494. The first kappa shape index (κ1) is 13.4. The summed E-state index contributed by atoms with van der Waals surface area (Å²) in [7, 11) is 0. The van der Waals surface area contributed by atoms with E-state index in [1.807, 2.05) is 0 Å². The smallest absolute Gasteiger partial charge is 0.147 e. The Morgan fingerprint density at radius 1 is 1.24 bits per heavy atom. The van der Waals surface area contributed by atoms with E-state index in [4.69, 9.17) is 4.74 Å². The van der Waals surface area contributed by atoms with Crippen LogP contribution in [0.5, 0.6) is 0 Å². The number of anilines is 1. The van der Waals surface area contributed by atoms with E-state index in [2.05, 4.69) is 31.6 Å². The van der Waals surface area contributed by atoms with Crippen molar-refractivity contribution in [2.45, 2.75) is 31.3 Å². The number of nitrogens with zero attached hydrogens (tertiary/aromatic N) is 3. The molecule has 2 saturated heterocycles. The molecular weight excluding hydrogens is 284 g/mol. The van der Waals surface area contributed by atoms with Crippen LogP contribution in [0, 0.1) is 0 Å². The highest BCUT2D eigenvalue weighted by molar-refractivity contribution is 7.17. The zero-order chi connectivity index (χ0) is 14.1. The fourth-order valence-corrected chi connectivity index (χ4v) is 4.17. The van der Waals surface area contributed by atoms with Crippen molar-refractivity contribution in [1.82, 2.24) is 14.9 Å². The lowest BCUT2D eigenvalue weighted by molar-refractivity contribution is 0.0421. The molecule has 2 aliphatic heterocycles. The third-order valence-electron chi connectivity index (χ3n) is 4.51. The van der Waals surface area contributed by atoms with Crippen molar-refractivity contribution >= 4 is 27.4 Å². The largest absolute Gasteiger partial charge is 0.381 e. The molecule has 5 nitrogen and oxygen atoms in total. The summed E-state index contributed by atoms with van der Waals surface area (Å²) in [6.45, 7) is 4.13. The first-order valence-corrected chi connectivity index (χ1v) is 8.54. The lowest BCUT2D eigenvalue weighted by Gasteiger charge is -2.31. The molecule has 4 rings (SSSR count). The predicted molar refractivity (Wildman–Crippen MR) is 84.9 cm³/mol. The molecule has 112 valence electrons. The second-order valence-electron chi connectivity index (χ2n) is 5.83. The molecule has 4 heterocycles. The normalized spacial score (nSPS) is 24.7. The van der Waals surface area contributed by atoms with Gasteiger partial charge >= 0.3 is 0 Å². The van der Waals surface area contributed by atoms with Gasteiger partial charge in [0.1, 0.15) is 12.1 Å². The highest BCUT2D eigenvalue weighted by atomic mass is 32.1. The lowest BCUT2D eigenvalue weighted by Crippen LogP contribution is -2.39. The van der Waals surface area contributed by atoms with Crippen molar-refractivity contribution in [3.05, 3.63) is 17.8 Å². The van der Waals surface area contributed by atoms with Gasteiger partial charge in [0.2, 0.25) is 0 Å². The van der Waals surface area contributed by atoms with Crippen molar-refractivity contribution in [3.8, 4) is 0 Å². The van der Waals surface area contributed by atoms with E-state index >= 15 is 0 Å². The summed E-state index contributed by atoms with van der Waals surface area (Å²) in [5.74, 6) is 0.994. The van der Waals surface area contributed by atoms with E-state index in [-0.39, 0.29) is 0 Å². The predicted octanol–water partition coefficient (Wildman–Crippen LogP) is 2.36. The molecule has 2 fully saturated rings. The summed E-state index contributed by atoms with van der Waals surface area (Å²) < 4.78 is 6.63. The quantitative estimate of drug-likeness (QED) is 0.943. The molecule has 1 atom stereocenters. The summed E-state index contributed by atoms with van der Waals surface area (Å²) in [4.78, 5) is 11.3. The molecule has 21 heavy (non-hydrogen) atoms. The number of thiophene rings is 1. The highest BCUT2D eigenvalue weighted by Gasteiger charge is 2.29. The van der Waals surface area contributed by atoms with Gasteiger partial charge in [-0.25, -0.2) is 9.97 Å². The number of likely N-dealkylation sites (tertiary alicyclic amines) is 1. The Bertz CT molecular complexity index is 610. The number of fused-ring (bicyclic) bond motifs is 1. The summed E-state index contributed by atoms with van der Waals surface area (Å²) in [6.07, 6.45) is 5.20. The summed E-state index contributed by atoms with van der Waals surface area (Å²) >= 11 is 1.71. The van der Waals surface area contributed by atoms with Crippen molar-refractivity contribution in [3.63, 3.8) is 0 Å². The van der Waals surface area contributed by atoms with E-state index in [1.54, 1.807) is 17.7 Å². The van der Waals surface area contributed by atoms with Gasteiger partial charge in [0, 0.05) is 38.4 Å². The Hall–Kier alpha value is -1.24. The van der Waals surface area contributed by atoms with Gasteiger partial charge in [0.25, 0.3) is 0 Å². The molecule has 0 saturated carbocycles. The van der Waals surface area contributed by atoms with Crippen LogP contribution < -0.4 is 5.32 Å². The number of rotatable bonds is 3. The van der Waals surface area contributed by atoms with Crippen LogP contribution in [0.25, 0.3) is 10.2 Å². The van der Waals surface area contributed by atoms with E-state index in [1.165, 1.54) is 30.5 Å². The summed E-state index contributed by atoms with van der Waals surface area (Å²) in [6, 6.07) is 3.25. The third kappa shape index (κ3) is 2.75. The van der Waals surface area contributed by atoms with Gasteiger partial charge in [-0.2, -0.15) is 0 Å². The standard InChI is InChI=1S/C15H20N4OS/c1-5-19(12-2-6-20-7-3-12)9-11(1)18-15-14-13(4-8-21-14)16-10-17-15/h4,8,10-12H,1-3,5-7,9H2,(H,16,17,18). The van der Waals surface area contributed by atoms with Crippen molar-refractivity contribution in [2.24, 2.45) is 0 Å². The molecule has 2 aromatic heterocycles. The topological polar surface area (TPSA) is 50.3 Å². The molecular formula is C15H20N4OS. The van der Waals surface area contributed by atoms with Crippen LogP contribution in [-0.2, 0) is 4.74 Å². The second kappa shape index (κ2) is 5.87. The van der Waals surface area contributed by atoms with E-state index < -0.39 is 0 Å². The van der Waals surface area contributed by atoms with Gasteiger partial charge in [0.15, 0.2) is 0 Å². The minimum absolute atomic E-state index is 0.494. The average molecular weight is 304 g/mol. The Morgan fingerprint density at radius 3 is 3.05 bits per heavy atom. The van der Waals surface area contributed by atoms with Crippen LogP contribution in [-0.4, -0.2) is 53.3 Å². The van der Waals surface area contributed by atoms with Crippen molar-refractivity contribution in [1.29, 1.82) is 0 Å². The van der Waals surface area contributed by atoms with Gasteiger partial charge in [-0.1, -0.05) is 0 Å². The molecule has 0 bridgehead atoms. The Labute approximate surface area is 128 Å². The Balaban J connectivity index is 1.43. The molecule has 0 spiro atoms. The van der Waals surface area contributed by atoms with Crippen molar-refractivity contribution < 1.29 is 4.74 Å². The van der Waals surface area contributed by atoms with Gasteiger partial charge in [-0.3, -0.25) is 4.90 Å². The van der Waals surface area contributed by atoms with Crippen molar-refractivity contribution in [2.75, 3.05) is 31.6 Å². The number of ether oxygens (including phenoxy) is 1. The maximum atomic E-state index is 5.46. The van der Waals surface area contributed by atoms with Gasteiger partial charge < -0.3 is 10.1 Å². The Kier molecular flexibility index (Phi) is 3.75. The monoisotopic (exact) mass is 304 g/mol.